The first kappa shape index (κ1) is 15.0. The highest BCUT2D eigenvalue weighted by atomic mass is 19.1. The van der Waals surface area contributed by atoms with Gasteiger partial charge in [0, 0.05) is 0 Å². The Bertz CT molecular complexity index is 623. The van der Waals surface area contributed by atoms with E-state index in [-0.39, 0.29) is 12.2 Å². The van der Waals surface area contributed by atoms with Gasteiger partial charge in [-0.25, -0.2) is 9.18 Å². The Balaban J connectivity index is 1.93. The molecule has 2 aromatic rings. The molecule has 0 saturated heterocycles. The number of benzene rings is 2. The summed E-state index contributed by atoms with van der Waals surface area (Å²) in [6, 6.07) is 11.4. The van der Waals surface area contributed by atoms with Crippen molar-refractivity contribution in [2.24, 2.45) is 0 Å². The van der Waals surface area contributed by atoms with Crippen molar-refractivity contribution in [2.45, 2.75) is 13.2 Å². The lowest BCUT2D eigenvalue weighted by atomic mass is 10.1. The minimum atomic E-state index is -1.29. The van der Waals surface area contributed by atoms with Crippen LogP contribution in [0.4, 0.5) is 4.39 Å². The largest absolute Gasteiger partial charge is 0.497 e. The van der Waals surface area contributed by atoms with Crippen molar-refractivity contribution < 1.29 is 23.8 Å². The van der Waals surface area contributed by atoms with Gasteiger partial charge in [0.25, 0.3) is 0 Å². The fourth-order valence-electron chi connectivity index (χ4n) is 1.83. The molecule has 0 amide bonds. The zero-order valence-electron chi connectivity index (χ0n) is 11.5. The Morgan fingerprint density at radius 2 is 1.71 bits per heavy atom. The summed E-state index contributed by atoms with van der Waals surface area (Å²) >= 11 is 0. The normalized spacial score (nSPS) is 10.4. The summed E-state index contributed by atoms with van der Waals surface area (Å²) in [6.45, 7) is 0.594. The fourth-order valence-corrected chi connectivity index (χ4v) is 1.83. The van der Waals surface area contributed by atoms with Gasteiger partial charge >= 0.3 is 5.97 Å². The van der Waals surface area contributed by atoms with E-state index in [0.717, 1.165) is 17.4 Å². The predicted molar refractivity (Wildman–Crippen MR) is 74.8 cm³/mol. The predicted octanol–water partition coefficient (Wildman–Crippen LogP) is 3.25. The van der Waals surface area contributed by atoms with Gasteiger partial charge in [-0.05, 0) is 35.4 Å². The Morgan fingerprint density at radius 3 is 2.33 bits per heavy atom. The third kappa shape index (κ3) is 4.03. The highest BCUT2D eigenvalue weighted by Crippen LogP contribution is 2.14. The van der Waals surface area contributed by atoms with Crippen LogP contribution in [0.3, 0.4) is 0 Å². The van der Waals surface area contributed by atoms with Crippen molar-refractivity contribution in [1.29, 1.82) is 0 Å². The summed E-state index contributed by atoms with van der Waals surface area (Å²) in [7, 11) is 1.60. The highest BCUT2D eigenvalue weighted by molar-refractivity contribution is 5.88. The first-order valence-corrected chi connectivity index (χ1v) is 6.32. The van der Waals surface area contributed by atoms with E-state index in [1.54, 1.807) is 7.11 Å². The number of carbonyl (C=O) groups is 1. The molecular weight excluding hydrogens is 275 g/mol. The Labute approximate surface area is 121 Å². The molecule has 5 heteroatoms. The second-order valence-electron chi connectivity index (χ2n) is 4.46. The summed E-state index contributed by atoms with van der Waals surface area (Å²) < 4.78 is 23.8. The van der Waals surface area contributed by atoms with E-state index < -0.39 is 11.8 Å². The van der Waals surface area contributed by atoms with Crippen LogP contribution in [0.25, 0.3) is 0 Å². The van der Waals surface area contributed by atoms with Gasteiger partial charge in [-0.3, -0.25) is 0 Å². The maximum Gasteiger partial charge on any atom is 0.338 e. The molecule has 0 radical (unpaired) electrons. The summed E-state index contributed by atoms with van der Waals surface area (Å²) in [5.74, 6) is -1.27. The average Bonchev–Trinajstić information content (AvgIpc) is 2.49. The molecule has 0 saturated carbocycles. The molecule has 0 spiro atoms. The van der Waals surface area contributed by atoms with Crippen LogP contribution in [-0.2, 0) is 18.0 Å². The molecular formula is C16H15FO4. The van der Waals surface area contributed by atoms with Gasteiger partial charge in [0.05, 0.1) is 25.9 Å². The number of halogens is 1. The summed E-state index contributed by atoms with van der Waals surface area (Å²) in [5.41, 5.74) is 1.24. The lowest BCUT2D eigenvalue weighted by Gasteiger charge is -2.07. The van der Waals surface area contributed by atoms with Gasteiger partial charge in [0.2, 0.25) is 0 Å². The molecule has 4 nitrogen and oxygen atoms in total. The Morgan fingerprint density at radius 1 is 1.10 bits per heavy atom. The third-order valence-corrected chi connectivity index (χ3v) is 2.96. The van der Waals surface area contributed by atoms with Crippen molar-refractivity contribution in [1.82, 2.24) is 0 Å². The molecule has 0 aliphatic carbocycles. The molecule has 2 rings (SSSR count). The molecule has 0 heterocycles. The fraction of sp³-hybridized carbons (Fsp3) is 0.188. The van der Waals surface area contributed by atoms with Crippen LogP contribution >= 0.6 is 0 Å². The van der Waals surface area contributed by atoms with Crippen molar-refractivity contribution >= 4 is 5.97 Å². The first-order valence-electron chi connectivity index (χ1n) is 6.32. The number of carboxylic acid groups (broad SMARTS) is 1. The molecule has 2 aromatic carbocycles. The molecule has 0 aliphatic rings. The molecule has 0 atom stereocenters. The summed E-state index contributed by atoms with van der Waals surface area (Å²) in [5, 5.41) is 8.85. The van der Waals surface area contributed by atoms with Gasteiger partial charge in [0.15, 0.2) is 0 Å². The van der Waals surface area contributed by atoms with Crippen molar-refractivity contribution in [3.8, 4) is 5.75 Å². The maximum atomic E-state index is 13.2. The van der Waals surface area contributed by atoms with E-state index in [1.807, 2.05) is 24.3 Å². The zero-order valence-corrected chi connectivity index (χ0v) is 11.5. The number of ether oxygens (including phenoxy) is 2. The molecule has 0 fully saturated rings. The molecule has 0 aromatic heterocycles. The number of hydrogen-bond acceptors (Lipinski definition) is 3. The first-order chi connectivity index (χ1) is 10.1. The monoisotopic (exact) mass is 290 g/mol. The number of rotatable bonds is 6. The third-order valence-electron chi connectivity index (χ3n) is 2.96. The van der Waals surface area contributed by atoms with E-state index in [0.29, 0.717) is 12.2 Å². The van der Waals surface area contributed by atoms with Crippen molar-refractivity contribution in [2.75, 3.05) is 7.11 Å². The molecule has 0 unspecified atom stereocenters. The molecule has 21 heavy (non-hydrogen) atoms. The van der Waals surface area contributed by atoms with Crippen LogP contribution in [-0.4, -0.2) is 18.2 Å². The van der Waals surface area contributed by atoms with Crippen LogP contribution in [0.2, 0.25) is 0 Å². The van der Waals surface area contributed by atoms with E-state index in [9.17, 15) is 9.18 Å². The van der Waals surface area contributed by atoms with E-state index in [2.05, 4.69) is 0 Å². The van der Waals surface area contributed by atoms with Gasteiger partial charge in [-0.15, -0.1) is 0 Å². The molecule has 0 bridgehead atoms. The van der Waals surface area contributed by atoms with Gasteiger partial charge in [-0.1, -0.05) is 18.2 Å². The van der Waals surface area contributed by atoms with E-state index >= 15 is 0 Å². The summed E-state index contributed by atoms with van der Waals surface area (Å²) in [4.78, 5) is 10.8. The van der Waals surface area contributed by atoms with Crippen LogP contribution in [0.1, 0.15) is 21.5 Å². The lowest BCUT2D eigenvalue weighted by molar-refractivity contribution is 0.0691. The average molecular weight is 290 g/mol. The minimum absolute atomic E-state index is 0.215. The standard InChI is InChI=1S/C16H15FO4/c1-20-13-5-2-11(3-6-13)9-21-10-12-4-7-15(17)14(8-12)16(18)19/h2-8H,9-10H2,1H3,(H,18,19). The topological polar surface area (TPSA) is 55.8 Å². The zero-order chi connectivity index (χ0) is 15.2. The van der Waals surface area contributed by atoms with Gasteiger partial charge in [-0.2, -0.15) is 0 Å². The van der Waals surface area contributed by atoms with Crippen LogP contribution in [0.15, 0.2) is 42.5 Å². The molecule has 0 aliphatic heterocycles. The lowest BCUT2D eigenvalue weighted by Crippen LogP contribution is -2.02. The quantitative estimate of drug-likeness (QED) is 0.887. The molecule has 1 N–H and O–H groups in total. The minimum Gasteiger partial charge on any atom is -0.497 e. The van der Waals surface area contributed by atoms with Crippen LogP contribution in [0.5, 0.6) is 5.75 Å². The number of methoxy groups -OCH3 is 1. The Kier molecular flexibility index (Phi) is 4.90. The van der Waals surface area contributed by atoms with Crippen molar-refractivity contribution in [3.05, 3.63) is 65.0 Å². The van der Waals surface area contributed by atoms with Gasteiger partial charge in [0.1, 0.15) is 11.6 Å². The van der Waals surface area contributed by atoms with Crippen molar-refractivity contribution in [3.63, 3.8) is 0 Å². The molecule has 110 valence electrons. The van der Waals surface area contributed by atoms with Crippen LogP contribution in [0, 0.1) is 5.82 Å². The summed E-state index contributed by atoms with van der Waals surface area (Å²) in [6.07, 6.45) is 0. The van der Waals surface area contributed by atoms with Gasteiger partial charge < -0.3 is 14.6 Å². The second kappa shape index (κ2) is 6.85. The second-order valence-corrected chi connectivity index (χ2v) is 4.46. The highest BCUT2D eigenvalue weighted by Gasteiger charge is 2.10. The SMILES string of the molecule is COc1ccc(COCc2ccc(F)c(C(=O)O)c2)cc1. The number of aromatic carboxylic acids is 1. The maximum absolute atomic E-state index is 13.2. The smallest absolute Gasteiger partial charge is 0.338 e. The number of carboxylic acids is 1. The number of hydrogen-bond donors (Lipinski definition) is 1. The van der Waals surface area contributed by atoms with E-state index in [4.69, 9.17) is 14.6 Å². The van der Waals surface area contributed by atoms with E-state index in [1.165, 1.54) is 12.1 Å². The van der Waals surface area contributed by atoms with Crippen LogP contribution < -0.4 is 4.74 Å². The Hall–Kier alpha value is -2.40.